The number of fused-ring (bicyclic) bond motifs is 3. The van der Waals surface area contributed by atoms with Crippen LogP contribution in [0, 0.1) is 11.7 Å². The average Bonchev–Trinajstić information content (AvgIpc) is 2.77. The summed E-state index contributed by atoms with van der Waals surface area (Å²) in [6.07, 6.45) is 7.71. The van der Waals surface area contributed by atoms with E-state index in [1.165, 1.54) is 6.07 Å². The van der Waals surface area contributed by atoms with Gasteiger partial charge in [-0.2, -0.15) is 0 Å². The Morgan fingerprint density at radius 1 is 1.30 bits per heavy atom. The molecule has 0 bridgehead atoms. The smallest absolute Gasteiger partial charge is 0.170 e. The highest BCUT2D eigenvalue weighted by Crippen LogP contribution is 2.49. The molecule has 2 aliphatic carbocycles. The van der Waals surface area contributed by atoms with Gasteiger partial charge in [-0.3, -0.25) is 4.79 Å². The summed E-state index contributed by atoms with van der Waals surface area (Å²) in [4.78, 5) is 12.6. The number of halogens is 1. The highest BCUT2D eigenvalue weighted by Gasteiger charge is 2.44. The lowest BCUT2D eigenvalue weighted by atomic mass is 9.79. The molecule has 0 heterocycles. The minimum Gasteiger partial charge on any atom is -0.489 e. The van der Waals surface area contributed by atoms with Gasteiger partial charge in [-0.15, -0.1) is 0 Å². The van der Waals surface area contributed by atoms with Crippen molar-refractivity contribution in [2.24, 2.45) is 5.92 Å². The van der Waals surface area contributed by atoms with Crippen molar-refractivity contribution in [2.45, 2.75) is 38.5 Å². The van der Waals surface area contributed by atoms with Crippen LogP contribution in [0.4, 0.5) is 4.39 Å². The molecule has 0 unspecified atom stereocenters. The summed E-state index contributed by atoms with van der Waals surface area (Å²) in [6, 6.07) is 3.03. The first-order valence-corrected chi connectivity index (χ1v) is 7.34. The number of ether oxygens (including phenoxy) is 1. The van der Waals surface area contributed by atoms with Crippen LogP contribution in [0.15, 0.2) is 24.3 Å². The molecular weight excluding hydrogens is 255 g/mol. The lowest BCUT2D eigenvalue weighted by Crippen LogP contribution is -2.18. The third-order valence-electron chi connectivity index (χ3n) is 4.44. The van der Waals surface area contributed by atoms with E-state index in [4.69, 9.17) is 4.74 Å². The topological polar surface area (TPSA) is 26.3 Å². The lowest BCUT2D eigenvalue weighted by Gasteiger charge is -2.24. The molecule has 106 valence electrons. The number of allylic oxidation sites excluding steroid dienone is 1. The third kappa shape index (κ3) is 2.05. The molecule has 0 aliphatic heterocycles. The largest absolute Gasteiger partial charge is 0.489 e. The number of hydrogen-bond donors (Lipinski definition) is 0. The summed E-state index contributed by atoms with van der Waals surface area (Å²) in [5, 5.41) is 0. The zero-order chi connectivity index (χ0) is 14.1. The summed E-state index contributed by atoms with van der Waals surface area (Å²) in [5.74, 6) is 0.413. The Morgan fingerprint density at radius 2 is 2.05 bits per heavy atom. The Kier molecular flexibility index (Phi) is 3.60. The van der Waals surface area contributed by atoms with E-state index in [9.17, 15) is 9.18 Å². The van der Waals surface area contributed by atoms with Crippen LogP contribution in [0.1, 0.15) is 54.4 Å². The van der Waals surface area contributed by atoms with E-state index >= 15 is 0 Å². The number of Topliss-reactive ketones (excluding diaryl/α,β-unsaturated/α-hetero) is 1. The molecule has 1 fully saturated rings. The van der Waals surface area contributed by atoms with Gasteiger partial charge < -0.3 is 4.74 Å². The highest BCUT2D eigenvalue weighted by atomic mass is 19.1. The van der Waals surface area contributed by atoms with Gasteiger partial charge in [0.2, 0.25) is 0 Å². The van der Waals surface area contributed by atoms with E-state index in [-0.39, 0.29) is 23.4 Å². The average molecular weight is 274 g/mol. The van der Waals surface area contributed by atoms with E-state index in [0.29, 0.717) is 23.5 Å². The molecule has 20 heavy (non-hydrogen) atoms. The molecule has 2 atom stereocenters. The van der Waals surface area contributed by atoms with Gasteiger partial charge >= 0.3 is 0 Å². The van der Waals surface area contributed by atoms with Gasteiger partial charge in [-0.05, 0) is 37.8 Å². The fourth-order valence-electron chi connectivity index (χ4n) is 3.52. The van der Waals surface area contributed by atoms with E-state index in [0.717, 1.165) is 25.7 Å². The van der Waals surface area contributed by atoms with E-state index in [1.54, 1.807) is 6.07 Å². The maximum Gasteiger partial charge on any atom is 0.170 e. The fourth-order valence-corrected chi connectivity index (χ4v) is 3.52. The first-order chi connectivity index (χ1) is 9.74. The Hall–Kier alpha value is -1.64. The molecular formula is C17H19FO2. The van der Waals surface area contributed by atoms with Gasteiger partial charge in [-0.25, -0.2) is 4.39 Å². The van der Waals surface area contributed by atoms with Crippen LogP contribution in [0.3, 0.4) is 0 Å². The summed E-state index contributed by atoms with van der Waals surface area (Å²) < 4.78 is 19.8. The third-order valence-corrected chi connectivity index (χ3v) is 4.44. The highest BCUT2D eigenvalue weighted by molar-refractivity contribution is 6.05. The SMILES string of the molecule is C/C=C/COc1ccc(F)c2c1C(=O)[C@H]1CCCC[C@H]21. The van der Waals surface area contributed by atoms with Crippen molar-refractivity contribution in [3.63, 3.8) is 0 Å². The van der Waals surface area contributed by atoms with Crippen molar-refractivity contribution in [2.75, 3.05) is 6.61 Å². The molecule has 1 aromatic rings. The van der Waals surface area contributed by atoms with Gasteiger partial charge in [0.15, 0.2) is 5.78 Å². The fraction of sp³-hybridized carbons (Fsp3) is 0.471. The van der Waals surface area contributed by atoms with Gasteiger partial charge in [0, 0.05) is 11.5 Å². The molecule has 1 aromatic carbocycles. The van der Waals surface area contributed by atoms with Crippen molar-refractivity contribution in [3.8, 4) is 5.75 Å². The standard InChI is InChI=1S/C17H19FO2/c1-2-3-10-20-14-9-8-13(18)15-11-6-4-5-7-12(11)17(19)16(14)15/h2-3,8-9,11-12H,4-7,10H2,1H3/b3-2+/t11-,12-/m0/s1. The summed E-state index contributed by atoms with van der Waals surface area (Å²) >= 11 is 0. The van der Waals surface area contributed by atoms with E-state index in [1.807, 2.05) is 19.1 Å². The van der Waals surface area contributed by atoms with Gasteiger partial charge in [-0.1, -0.05) is 25.0 Å². The molecule has 0 N–H and O–H groups in total. The Bertz CT molecular complexity index is 562. The van der Waals surface area contributed by atoms with Crippen LogP contribution in [0.25, 0.3) is 0 Å². The minimum atomic E-state index is -0.249. The predicted molar refractivity (Wildman–Crippen MR) is 75.7 cm³/mol. The first-order valence-electron chi connectivity index (χ1n) is 7.34. The number of ketones is 1. The van der Waals surface area contributed by atoms with Crippen LogP contribution < -0.4 is 4.74 Å². The lowest BCUT2D eigenvalue weighted by molar-refractivity contribution is 0.0895. The van der Waals surface area contributed by atoms with Gasteiger partial charge in [0.05, 0.1) is 5.56 Å². The van der Waals surface area contributed by atoms with E-state index < -0.39 is 0 Å². The molecule has 0 aromatic heterocycles. The normalized spacial score (nSPS) is 24.8. The van der Waals surface area contributed by atoms with E-state index in [2.05, 4.69) is 0 Å². The van der Waals surface area contributed by atoms with Crippen molar-refractivity contribution in [1.82, 2.24) is 0 Å². The molecule has 2 nitrogen and oxygen atoms in total. The van der Waals surface area contributed by atoms with Crippen LogP contribution in [0.5, 0.6) is 5.75 Å². The summed E-state index contributed by atoms with van der Waals surface area (Å²) in [5.41, 5.74) is 1.11. The Balaban J connectivity index is 2.01. The van der Waals surface area contributed by atoms with Gasteiger partial charge in [0.1, 0.15) is 18.2 Å². The predicted octanol–water partition coefficient (Wildman–Crippen LogP) is 4.25. The molecule has 0 spiro atoms. The number of carbonyl (C=O) groups is 1. The second-order valence-electron chi connectivity index (χ2n) is 5.58. The van der Waals surface area contributed by atoms with Crippen molar-refractivity contribution < 1.29 is 13.9 Å². The molecule has 0 amide bonds. The summed E-state index contributed by atoms with van der Waals surface area (Å²) in [6.45, 7) is 2.33. The maximum atomic E-state index is 14.2. The zero-order valence-corrected chi connectivity index (χ0v) is 11.7. The van der Waals surface area contributed by atoms with Crippen molar-refractivity contribution in [3.05, 3.63) is 41.2 Å². The molecule has 3 rings (SSSR count). The zero-order valence-electron chi connectivity index (χ0n) is 11.7. The number of hydrogen-bond acceptors (Lipinski definition) is 2. The first kappa shape index (κ1) is 13.3. The monoisotopic (exact) mass is 274 g/mol. The second-order valence-corrected chi connectivity index (χ2v) is 5.58. The van der Waals surface area contributed by atoms with Crippen molar-refractivity contribution in [1.29, 1.82) is 0 Å². The number of benzene rings is 1. The van der Waals surface area contributed by atoms with Crippen LogP contribution >= 0.6 is 0 Å². The van der Waals surface area contributed by atoms with Crippen molar-refractivity contribution >= 4 is 5.78 Å². The molecule has 0 radical (unpaired) electrons. The molecule has 1 saturated carbocycles. The van der Waals surface area contributed by atoms with Crippen LogP contribution in [-0.2, 0) is 0 Å². The Labute approximate surface area is 118 Å². The number of carbonyl (C=O) groups excluding carboxylic acids is 1. The van der Waals surface area contributed by atoms with Crippen LogP contribution in [-0.4, -0.2) is 12.4 Å². The Morgan fingerprint density at radius 3 is 2.80 bits per heavy atom. The molecule has 0 saturated heterocycles. The maximum absolute atomic E-state index is 14.2. The second kappa shape index (κ2) is 5.39. The minimum absolute atomic E-state index is 0.0280. The molecule has 2 aliphatic rings. The quantitative estimate of drug-likeness (QED) is 0.770. The van der Waals surface area contributed by atoms with Crippen LogP contribution in [0.2, 0.25) is 0 Å². The molecule has 3 heteroatoms. The summed E-state index contributed by atoms with van der Waals surface area (Å²) in [7, 11) is 0. The van der Waals surface area contributed by atoms with Gasteiger partial charge in [0.25, 0.3) is 0 Å². The number of rotatable bonds is 3.